The molecule has 0 radical (unpaired) electrons. The molecule has 1 saturated heterocycles. The smallest absolute Gasteiger partial charge is 0.255 e. The molecule has 0 aliphatic carbocycles. The second-order valence-corrected chi connectivity index (χ2v) is 8.68. The number of carbonyl (C=O) groups is 1. The van der Waals surface area contributed by atoms with Crippen LogP contribution >= 0.6 is 0 Å². The number of pyridine rings is 2. The number of aryl methyl sites for hydroxylation is 1. The van der Waals surface area contributed by atoms with Gasteiger partial charge in [-0.15, -0.1) is 0 Å². The lowest BCUT2D eigenvalue weighted by molar-refractivity contribution is 0.0793. The van der Waals surface area contributed by atoms with Gasteiger partial charge in [0.1, 0.15) is 0 Å². The summed E-state index contributed by atoms with van der Waals surface area (Å²) in [6.45, 7) is 3.69. The molecule has 0 unspecified atom stereocenters. The third-order valence-electron chi connectivity index (χ3n) is 6.22. The van der Waals surface area contributed by atoms with Crippen molar-refractivity contribution in [3.05, 3.63) is 95.6 Å². The van der Waals surface area contributed by atoms with Gasteiger partial charge in [0.15, 0.2) is 0 Å². The Balaban J connectivity index is 1.29. The third-order valence-corrected chi connectivity index (χ3v) is 6.22. The summed E-state index contributed by atoms with van der Waals surface area (Å²) in [5.41, 5.74) is 4.16. The zero-order valence-corrected chi connectivity index (χ0v) is 18.9. The Bertz CT molecular complexity index is 976. The molecule has 0 N–H and O–H groups in total. The molecule has 32 heavy (non-hydrogen) atoms. The average molecular weight is 429 g/mol. The van der Waals surface area contributed by atoms with Crippen LogP contribution in [0.1, 0.15) is 52.5 Å². The lowest BCUT2D eigenvalue weighted by atomic mass is 9.94. The van der Waals surface area contributed by atoms with E-state index in [-0.39, 0.29) is 5.91 Å². The van der Waals surface area contributed by atoms with Gasteiger partial charge in [0.05, 0.1) is 11.3 Å². The molecule has 4 rings (SSSR count). The number of hydrogen-bond acceptors (Lipinski definition) is 4. The fraction of sp³-hybridized carbons (Fsp3) is 0.370. The van der Waals surface area contributed by atoms with Crippen LogP contribution in [0, 0.1) is 0 Å². The van der Waals surface area contributed by atoms with Crippen molar-refractivity contribution in [2.24, 2.45) is 0 Å². The maximum absolute atomic E-state index is 12.8. The number of nitrogens with zero attached hydrogens (tertiary/aromatic N) is 4. The normalized spacial score (nSPS) is 16.6. The summed E-state index contributed by atoms with van der Waals surface area (Å²) in [5, 5.41) is 0. The second-order valence-electron chi connectivity index (χ2n) is 8.68. The molecule has 3 heterocycles. The van der Waals surface area contributed by atoms with Crippen LogP contribution in [0.25, 0.3) is 0 Å². The van der Waals surface area contributed by atoms with Gasteiger partial charge in [-0.25, -0.2) is 0 Å². The number of hydrogen-bond donors (Lipinski definition) is 0. The van der Waals surface area contributed by atoms with E-state index in [0.29, 0.717) is 11.5 Å². The summed E-state index contributed by atoms with van der Waals surface area (Å²) >= 11 is 0. The molecular weight excluding hydrogens is 396 g/mol. The van der Waals surface area contributed by atoms with Gasteiger partial charge < -0.3 is 4.90 Å². The van der Waals surface area contributed by atoms with E-state index in [1.165, 1.54) is 5.56 Å². The first-order valence-corrected chi connectivity index (χ1v) is 11.6. The topological polar surface area (TPSA) is 49.3 Å². The predicted molar refractivity (Wildman–Crippen MR) is 127 cm³/mol. The second kappa shape index (κ2) is 11.0. The van der Waals surface area contributed by atoms with Gasteiger partial charge in [0.2, 0.25) is 0 Å². The average Bonchev–Trinajstić information content (AvgIpc) is 2.85. The highest BCUT2D eigenvalue weighted by atomic mass is 16.2. The minimum absolute atomic E-state index is 0.0394. The molecule has 166 valence electrons. The number of carbonyl (C=O) groups excluding carboxylic acids is 1. The molecule has 1 aromatic carbocycles. The van der Waals surface area contributed by atoms with E-state index in [2.05, 4.69) is 45.2 Å². The van der Waals surface area contributed by atoms with Gasteiger partial charge in [-0.2, -0.15) is 0 Å². The number of rotatable bonds is 8. The Labute approximate surface area is 191 Å². The van der Waals surface area contributed by atoms with Crippen LogP contribution in [0.2, 0.25) is 0 Å². The van der Waals surface area contributed by atoms with Crippen LogP contribution in [0.5, 0.6) is 0 Å². The van der Waals surface area contributed by atoms with Crippen LogP contribution in [-0.2, 0) is 13.0 Å². The molecule has 0 spiro atoms. The molecule has 5 nitrogen and oxygen atoms in total. The van der Waals surface area contributed by atoms with E-state index in [4.69, 9.17) is 0 Å². The molecule has 1 aliphatic rings. The first kappa shape index (κ1) is 22.2. The fourth-order valence-electron chi connectivity index (χ4n) is 4.42. The van der Waals surface area contributed by atoms with Crippen LogP contribution in [0.3, 0.4) is 0 Å². The van der Waals surface area contributed by atoms with Crippen LogP contribution in [-0.4, -0.2) is 52.4 Å². The summed E-state index contributed by atoms with van der Waals surface area (Å²) in [7, 11) is 1.87. The van der Waals surface area contributed by atoms with E-state index >= 15 is 0 Å². The lowest BCUT2D eigenvalue weighted by Crippen LogP contribution is -2.34. The van der Waals surface area contributed by atoms with Crippen LogP contribution in [0.15, 0.2) is 73.1 Å². The minimum Gasteiger partial charge on any atom is -0.342 e. The molecule has 2 aromatic heterocycles. The highest BCUT2D eigenvalue weighted by Gasteiger charge is 2.23. The Morgan fingerprint density at radius 3 is 2.66 bits per heavy atom. The van der Waals surface area contributed by atoms with Crippen LogP contribution < -0.4 is 0 Å². The van der Waals surface area contributed by atoms with Crippen molar-refractivity contribution < 1.29 is 4.79 Å². The van der Waals surface area contributed by atoms with Crippen molar-refractivity contribution in [3.63, 3.8) is 0 Å². The maximum Gasteiger partial charge on any atom is 0.255 e. The van der Waals surface area contributed by atoms with Gasteiger partial charge in [-0.05, 0) is 62.1 Å². The monoisotopic (exact) mass is 428 g/mol. The maximum atomic E-state index is 12.8. The number of amides is 1. The van der Waals surface area contributed by atoms with Gasteiger partial charge >= 0.3 is 0 Å². The molecule has 0 bridgehead atoms. The van der Waals surface area contributed by atoms with Gasteiger partial charge in [-0.1, -0.05) is 36.4 Å². The van der Waals surface area contributed by atoms with Crippen LogP contribution in [0.4, 0.5) is 0 Å². The zero-order chi connectivity index (χ0) is 22.2. The first-order valence-electron chi connectivity index (χ1n) is 11.6. The molecule has 1 atom stereocenters. The molecule has 1 aliphatic heterocycles. The van der Waals surface area contributed by atoms with E-state index in [9.17, 15) is 4.79 Å². The Kier molecular flexibility index (Phi) is 7.62. The third kappa shape index (κ3) is 6.01. The largest absolute Gasteiger partial charge is 0.342 e. The SMILES string of the molecule is CN(CCCc1ccccc1)C(=O)c1ccc([C@@H]2CCCN(Cc3ccccn3)C2)nc1. The van der Waals surface area contributed by atoms with Crippen molar-refractivity contribution in [2.45, 2.75) is 38.1 Å². The molecule has 3 aromatic rings. The summed E-state index contributed by atoms with van der Waals surface area (Å²) in [6, 6.07) is 20.5. The number of piperidine rings is 1. The highest BCUT2D eigenvalue weighted by Crippen LogP contribution is 2.26. The van der Waals surface area contributed by atoms with Crippen molar-refractivity contribution in [2.75, 3.05) is 26.7 Å². The summed E-state index contributed by atoms with van der Waals surface area (Å²) < 4.78 is 0. The lowest BCUT2D eigenvalue weighted by Gasteiger charge is -2.32. The van der Waals surface area contributed by atoms with E-state index in [1.54, 1.807) is 11.1 Å². The summed E-state index contributed by atoms with van der Waals surface area (Å²) in [4.78, 5) is 26.2. The summed E-state index contributed by atoms with van der Waals surface area (Å²) in [5.74, 6) is 0.442. The predicted octanol–water partition coefficient (Wildman–Crippen LogP) is 4.56. The highest BCUT2D eigenvalue weighted by molar-refractivity contribution is 5.93. The van der Waals surface area contributed by atoms with Crippen molar-refractivity contribution in [3.8, 4) is 0 Å². The van der Waals surface area contributed by atoms with Crippen molar-refractivity contribution in [1.29, 1.82) is 0 Å². The molecule has 5 heteroatoms. The van der Waals surface area contributed by atoms with Gasteiger partial charge in [0, 0.05) is 50.7 Å². The minimum atomic E-state index is 0.0394. The first-order chi connectivity index (χ1) is 15.7. The van der Waals surface area contributed by atoms with Gasteiger partial charge in [0.25, 0.3) is 5.91 Å². The van der Waals surface area contributed by atoms with Crippen molar-refractivity contribution in [1.82, 2.24) is 19.8 Å². The Morgan fingerprint density at radius 1 is 1.06 bits per heavy atom. The van der Waals surface area contributed by atoms with E-state index < -0.39 is 0 Å². The number of likely N-dealkylation sites (tertiary alicyclic amines) is 1. The molecule has 1 fully saturated rings. The standard InChI is InChI=1S/C27H32N4O/c1-30(17-7-11-22-9-3-2-4-10-22)27(32)23-14-15-26(29-19-23)24-12-8-18-31(20-24)21-25-13-5-6-16-28-25/h2-6,9-10,13-16,19,24H,7-8,11-12,17-18,20-21H2,1H3/t24-/m1/s1. The fourth-order valence-corrected chi connectivity index (χ4v) is 4.42. The molecule has 1 amide bonds. The zero-order valence-electron chi connectivity index (χ0n) is 18.9. The van der Waals surface area contributed by atoms with E-state index in [0.717, 1.165) is 63.3 Å². The van der Waals surface area contributed by atoms with E-state index in [1.807, 2.05) is 43.6 Å². The number of aromatic nitrogens is 2. The Hall–Kier alpha value is -3.05. The van der Waals surface area contributed by atoms with Crippen molar-refractivity contribution >= 4 is 5.91 Å². The molecule has 0 saturated carbocycles. The Morgan fingerprint density at radius 2 is 1.91 bits per heavy atom. The molecular formula is C27H32N4O. The summed E-state index contributed by atoms with van der Waals surface area (Å²) in [6.07, 6.45) is 7.83. The van der Waals surface area contributed by atoms with Gasteiger partial charge in [-0.3, -0.25) is 19.7 Å². The quantitative estimate of drug-likeness (QED) is 0.528. The number of benzene rings is 1.